The van der Waals surface area contributed by atoms with Crippen molar-refractivity contribution in [3.63, 3.8) is 0 Å². The number of anilines is 3. The Balaban J connectivity index is 1.52. The van der Waals surface area contributed by atoms with E-state index in [0.29, 0.717) is 11.4 Å². The van der Waals surface area contributed by atoms with Gasteiger partial charge in [-0.05, 0) is 68.7 Å². The lowest BCUT2D eigenvalue weighted by molar-refractivity contribution is -0.124. The van der Waals surface area contributed by atoms with E-state index in [9.17, 15) is 14.4 Å². The first kappa shape index (κ1) is 23.2. The molecule has 2 heterocycles. The summed E-state index contributed by atoms with van der Waals surface area (Å²) in [5.74, 6) is -0.494. The van der Waals surface area contributed by atoms with Gasteiger partial charge in [-0.1, -0.05) is 42.0 Å². The molecule has 0 aromatic heterocycles. The van der Waals surface area contributed by atoms with Crippen molar-refractivity contribution in [1.29, 1.82) is 0 Å². The number of hydrogen-bond acceptors (Lipinski definition) is 4. The van der Waals surface area contributed by atoms with Crippen molar-refractivity contribution in [2.45, 2.75) is 32.6 Å². The Bertz CT molecular complexity index is 1390. The predicted molar refractivity (Wildman–Crippen MR) is 141 cm³/mol. The van der Waals surface area contributed by atoms with Crippen LogP contribution in [0.1, 0.15) is 27.8 Å². The summed E-state index contributed by atoms with van der Waals surface area (Å²) < 4.78 is 0. The van der Waals surface area contributed by atoms with Crippen LogP contribution in [-0.4, -0.2) is 30.0 Å². The number of aryl methyl sites for hydroxylation is 4. The molecule has 1 saturated heterocycles. The lowest BCUT2D eigenvalue weighted by Crippen LogP contribution is -2.51. The molecule has 2 aliphatic rings. The summed E-state index contributed by atoms with van der Waals surface area (Å²) in [6, 6.07) is 19.1. The van der Waals surface area contributed by atoms with Crippen LogP contribution in [0.25, 0.3) is 0 Å². The van der Waals surface area contributed by atoms with Crippen LogP contribution in [0.4, 0.5) is 17.1 Å². The number of amides is 3. The highest BCUT2D eigenvalue weighted by Crippen LogP contribution is 2.55. The van der Waals surface area contributed by atoms with Gasteiger partial charge in [-0.2, -0.15) is 0 Å². The number of benzene rings is 3. The second-order valence-electron chi connectivity index (χ2n) is 9.21. The van der Waals surface area contributed by atoms with Gasteiger partial charge in [0, 0.05) is 16.9 Å². The van der Waals surface area contributed by atoms with E-state index in [1.807, 2.05) is 88.4 Å². The van der Waals surface area contributed by atoms with E-state index < -0.39 is 4.87 Å². The van der Waals surface area contributed by atoms with Gasteiger partial charge in [-0.3, -0.25) is 24.2 Å². The molecule has 0 bridgehead atoms. The summed E-state index contributed by atoms with van der Waals surface area (Å²) in [6.07, 6.45) is 0. The molecule has 0 radical (unpaired) electrons. The predicted octanol–water partition coefficient (Wildman–Crippen LogP) is 4.84. The highest BCUT2D eigenvalue weighted by atomic mass is 32.2. The standard InChI is InChI=1S/C28H27N3O3S/c1-17-9-12-23(20(4)13-17)29-25(32)15-30-24-8-6-5-7-22(24)28(27(30)34)31(26(33)16-35-28)21-11-10-18(2)19(3)14-21/h5-14H,15-16H2,1-4H3,(H,29,32). The molecule has 7 heteroatoms. The number of rotatable bonds is 4. The average molecular weight is 486 g/mol. The Labute approximate surface area is 209 Å². The second kappa shape index (κ2) is 8.57. The molecule has 178 valence electrons. The third-order valence-electron chi connectivity index (χ3n) is 6.77. The molecule has 3 aromatic rings. The Hall–Kier alpha value is -3.58. The summed E-state index contributed by atoms with van der Waals surface area (Å²) in [7, 11) is 0. The minimum absolute atomic E-state index is 0.122. The van der Waals surface area contributed by atoms with Gasteiger partial charge in [0.05, 0.1) is 11.4 Å². The van der Waals surface area contributed by atoms with Crippen LogP contribution in [0.5, 0.6) is 0 Å². The maximum atomic E-state index is 14.1. The van der Waals surface area contributed by atoms with E-state index in [1.165, 1.54) is 16.7 Å². The Morgan fingerprint density at radius 2 is 1.71 bits per heavy atom. The molecule has 1 unspecified atom stereocenters. The molecule has 3 aromatic carbocycles. The topological polar surface area (TPSA) is 69.7 Å². The largest absolute Gasteiger partial charge is 0.324 e. The van der Waals surface area contributed by atoms with Gasteiger partial charge in [-0.15, -0.1) is 11.8 Å². The molecular formula is C28H27N3O3S. The number of para-hydroxylation sites is 1. The minimum Gasteiger partial charge on any atom is -0.324 e. The molecule has 3 amide bonds. The lowest BCUT2D eigenvalue weighted by atomic mass is 10.0. The van der Waals surface area contributed by atoms with Crippen molar-refractivity contribution in [3.05, 3.63) is 88.5 Å². The minimum atomic E-state index is -1.23. The fourth-order valence-electron chi connectivity index (χ4n) is 4.86. The first-order valence-corrected chi connectivity index (χ1v) is 12.5. The number of carbonyl (C=O) groups excluding carboxylic acids is 3. The summed E-state index contributed by atoms with van der Waals surface area (Å²) in [5, 5.41) is 2.94. The van der Waals surface area contributed by atoms with Gasteiger partial charge in [-0.25, -0.2) is 0 Å². The zero-order chi connectivity index (χ0) is 24.9. The van der Waals surface area contributed by atoms with Gasteiger partial charge in [0.1, 0.15) is 6.54 Å². The fourth-order valence-corrected chi connectivity index (χ4v) is 6.22. The fraction of sp³-hybridized carbons (Fsp3) is 0.250. The maximum absolute atomic E-state index is 14.1. The van der Waals surface area contributed by atoms with Gasteiger partial charge >= 0.3 is 0 Å². The molecular weight excluding hydrogens is 458 g/mol. The van der Waals surface area contributed by atoms with Crippen LogP contribution >= 0.6 is 11.8 Å². The molecule has 0 saturated carbocycles. The van der Waals surface area contributed by atoms with Crippen LogP contribution < -0.4 is 15.1 Å². The zero-order valence-electron chi connectivity index (χ0n) is 20.2. The number of fused-ring (bicyclic) bond motifs is 2. The van der Waals surface area contributed by atoms with Crippen LogP contribution in [0.2, 0.25) is 0 Å². The van der Waals surface area contributed by atoms with Crippen LogP contribution in [0.3, 0.4) is 0 Å². The monoisotopic (exact) mass is 485 g/mol. The lowest BCUT2D eigenvalue weighted by Gasteiger charge is -2.33. The van der Waals surface area contributed by atoms with Gasteiger partial charge in [0.25, 0.3) is 5.91 Å². The van der Waals surface area contributed by atoms with E-state index in [4.69, 9.17) is 0 Å². The number of nitrogens with one attached hydrogen (secondary N) is 1. The van der Waals surface area contributed by atoms with Crippen molar-refractivity contribution in [2.24, 2.45) is 0 Å². The summed E-state index contributed by atoms with van der Waals surface area (Å²) in [6.45, 7) is 7.81. The number of hydrogen-bond donors (Lipinski definition) is 1. The van der Waals surface area contributed by atoms with E-state index >= 15 is 0 Å². The van der Waals surface area contributed by atoms with Crippen LogP contribution in [0, 0.1) is 27.7 Å². The average Bonchev–Trinajstić information content (AvgIpc) is 3.29. The first-order valence-electron chi connectivity index (χ1n) is 11.5. The van der Waals surface area contributed by atoms with Crippen molar-refractivity contribution in [1.82, 2.24) is 0 Å². The Morgan fingerprint density at radius 1 is 0.943 bits per heavy atom. The van der Waals surface area contributed by atoms with E-state index in [1.54, 1.807) is 4.90 Å². The molecule has 1 N–H and O–H groups in total. The maximum Gasteiger partial charge on any atom is 0.269 e. The summed E-state index contributed by atoms with van der Waals surface area (Å²) in [4.78, 5) is 42.2. The molecule has 0 aliphatic carbocycles. The van der Waals surface area contributed by atoms with Crippen molar-refractivity contribution in [3.8, 4) is 0 Å². The summed E-state index contributed by atoms with van der Waals surface area (Å²) >= 11 is 1.32. The number of thioether (sulfide) groups is 1. The van der Waals surface area contributed by atoms with Crippen molar-refractivity contribution < 1.29 is 14.4 Å². The molecule has 2 aliphatic heterocycles. The van der Waals surface area contributed by atoms with Crippen LogP contribution in [-0.2, 0) is 19.3 Å². The van der Waals surface area contributed by atoms with Crippen molar-refractivity contribution in [2.75, 3.05) is 27.4 Å². The molecule has 35 heavy (non-hydrogen) atoms. The first-order chi connectivity index (χ1) is 16.7. The molecule has 1 fully saturated rings. The van der Waals surface area contributed by atoms with E-state index in [2.05, 4.69) is 5.32 Å². The van der Waals surface area contributed by atoms with Crippen LogP contribution in [0.15, 0.2) is 60.7 Å². The number of nitrogens with zero attached hydrogens (tertiary/aromatic N) is 2. The van der Waals surface area contributed by atoms with E-state index in [-0.39, 0.29) is 30.0 Å². The van der Waals surface area contributed by atoms with E-state index in [0.717, 1.165) is 33.5 Å². The summed E-state index contributed by atoms with van der Waals surface area (Å²) in [5.41, 5.74) is 7.03. The number of carbonyl (C=O) groups is 3. The highest BCUT2D eigenvalue weighted by Gasteiger charge is 2.61. The third kappa shape index (κ3) is 3.71. The molecule has 1 spiro atoms. The van der Waals surface area contributed by atoms with Gasteiger partial charge in [0.2, 0.25) is 16.7 Å². The molecule has 6 nitrogen and oxygen atoms in total. The van der Waals surface area contributed by atoms with Gasteiger partial charge in [0.15, 0.2) is 0 Å². The zero-order valence-corrected chi connectivity index (χ0v) is 21.0. The molecule has 1 atom stereocenters. The smallest absolute Gasteiger partial charge is 0.269 e. The molecule has 5 rings (SSSR count). The van der Waals surface area contributed by atoms with Crippen molar-refractivity contribution >= 4 is 46.5 Å². The SMILES string of the molecule is Cc1ccc(NC(=O)CN2C(=O)C3(SCC(=O)N3c3ccc(C)c(C)c3)c3ccccc32)c(C)c1. The quantitative estimate of drug-likeness (QED) is 0.574. The Morgan fingerprint density at radius 3 is 2.46 bits per heavy atom. The second-order valence-corrected chi connectivity index (χ2v) is 10.4. The third-order valence-corrected chi connectivity index (χ3v) is 8.16. The highest BCUT2D eigenvalue weighted by molar-refractivity contribution is 8.02. The van der Waals surface area contributed by atoms with Gasteiger partial charge < -0.3 is 5.32 Å². The Kier molecular flexibility index (Phi) is 5.68. The normalized spacial score (nSPS) is 19.0.